The van der Waals surface area contributed by atoms with Crippen LogP contribution in [0.2, 0.25) is 0 Å². The summed E-state index contributed by atoms with van der Waals surface area (Å²) in [5, 5.41) is 16.9. The summed E-state index contributed by atoms with van der Waals surface area (Å²) in [5.74, 6) is 1.22. The number of nitrogens with zero attached hydrogens (tertiary/aromatic N) is 5. The van der Waals surface area contributed by atoms with E-state index in [2.05, 4.69) is 42.6 Å². The number of benzene rings is 1. The number of aryl methyl sites for hydroxylation is 1. The molecule has 0 amide bonds. The Morgan fingerprint density at radius 3 is 2.80 bits per heavy atom. The Hall–Kier alpha value is -3.05. The zero-order chi connectivity index (χ0) is 24.4. The molecule has 0 spiro atoms. The first kappa shape index (κ1) is 23.7. The third kappa shape index (κ3) is 5.30. The number of nitrogens with one attached hydrogen (secondary N) is 2. The van der Waals surface area contributed by atoms with Gasteiger partial charge < -0.3 is 24.5 Å². The maximum Gasteiger partial charge on any atom is 0.298 e. The summed E-state index contributed by atoms with van der Waals surface area (Å²) in [6, 6.07) is 8.66. The van der Waals surface area contributed by atoms with Gasteiger partial charge in [-0.25, -0.2) is 15.0 Å². The fourth-order valence-electron chi connectivity index (χ4n) is 4.52. The topological polar surface area (TPSA) is 112 Å². The number of morpholine rings is 1. The van der Waals surface area contributed by atoms with Gasteiger partial charge in [-0.05, 0) is 50.6 Å². The van der Waals surface area contributed by atoms with E-state index in [-0.39, 0.29) is 0 Å². The Bertz CT molecular complexity index is 1160. The fraction of sp³-hybridized carbons (Fsp3) is 0.480. The number of hydrogen-bond donors (Lipinski definition) is 3. The van der Waals surface area contributed by atoms with Crippen molar-refractivity contribution in [2.75, 3.05) is 49.6 Å². The van der Waals surface area contributed by atoms with Gasteiger partial charge in [0.25, 0.3) is 6.01 Å². The minimum atomic E-state index is -0.673. The highest BCUT2D eigenvalue weighted by Crippen LogP contribution is 2.33. The van der Waals surface area contributed by atoms with Crippen LogP contribution in [0.3, 0.4) is 0 Å². The van der Waals surface area contributed by atoms with E-state index < -0.39 is 11.8 Å². The lowest BCUT2D eigenvalue weighted by Crippen LogP contribution is -2.64. The summed E-state index contributed by atoms with van der Waals surface area (Å²) < 4.78 is 11.8. The molecular weight excluding hydrogens is 446 g/mol. The minimum absolute atomic E-state index is 0.501. The smallest absolute Gasteiger partial charge is 0.298 e. The first-order valence-corrected chi connectivity index (χ1v) is 12.0. The van der Waals surface area contributed by atoms with Gasteiger partial charge in [-0.3, -0.25) is 10.2 Å². The van der Waals surface area contributed by atoms with Crippen LogP contribution in [0.4, 0.5) is 17.7 Å². The van der Waals surface area contributed by atoms with Crippen LogP contribution in [-0.2, 0) is 11.3 Å². The lowest BCUT2D eigenvalue weighted by atomic mass is 9.98. The molecule has 0 radical (unpaired) electrons. The lowest BCUT2D eigenvalue weighted by molar-refractivity contribution is 0.0342. The van der Waals surface area contributed by atoms with Crippen LogP contribution in [0, 0.1) is 6.92 Å². The molecule has 3 aromatic rings. The van der Waals surface area contributed by atoms with Crippen molar-refractivity contribution in [3.63, 3.8) is 0 Å². The zero-order valence-corrected chi connectivity index (χ0v) is 20.5. The molecule has 186 valence electrons. The van der Waals surface area contributed by atoms with Gasteiger partial charge in [0.1, 0.15) is 6.23 Å². The van der Waals surface area contributed by atoms with E-state index in [0.29, 0.717) is 30.8 Å². The van der Waals surface area contributed by atoms with Gasteiger partial charge >= 0.3 is 0 Å². The number of aliphatic hydroxyl groups excluding tert-OH is 1. The van der Waals surface area contributed by atoms with Crippen molar-refractivity contribution in [2.24, 2.45) is 0 Å². The molecule has 35 heavy (non-hydrogen) atoms. The second kappa shape index (κ2) is 9.90. The van der Waals surface area contributed by atoms with Crippen LogP contribution in [0.1, 0.15) is 25.1 Å². The number of oxazole rings is 1. The molecule has 3 N–H and O–H groups in total. The molecule has 1 aromatic carbocycles. The molecule has 10 nitrogen and oxygen atoms in total. The summed E-state index contributed by atoms with van der Waals surface area (Å²) in [5.41, 5.74) is 3.29. The minimum Gasteiger partial charge on any atom is -0.423 e. The third-order valence-corrected chi connectivity index (χ3v) is 6.60. The van der Waals surface area contributed by atoms with Gasteiger partial charge in [0.2, 0.25) is 5.95 Å². The van der Waals surface area contributed by atoms with Crippen molar-refractivity contribution in [3.8, 4) is 11.3 Å². The Balaban J connectivity index is 1.46. The second-order valence-electron chi connectivity index (χ2n) is 9.62. The molecule has 0 bridgehead atoms. The predicted molar refractivity (Wildman–Crippen MR) is 134 cm³/mol. The van der Waals surface area contributed by atoms with Gasteiger partial charge in [0.15, 0.2) is 5.76 Å². The standard InChI is InChI=1S/C25H33N7O3/c1-17-4-5-27-23(29-17)30-20-13-18(16-31-8-10-34-11-9-31)12-19(14-20)21-15-28-24(35-21)32-7-6-26-22(33)25(32,2)3/h4-5,12-15,22,26,33H,6-11,16H2,1-3H3,(H,27,29,30). The average molecular weight is 480 g/mol. The van der Waals surface area contributed by atoms with Crippen LogP contribution in [0.15, 0.2) is 41.1 Å². The number of piperazine rings is 1. The van der Waals surface area contributed by atoms with E-state index in [9.17, 15) is 5.11 Å². The number of anilines is 3. The lowest BCUT2D eigenvalue weighted by Gasteiger charge is -2.45. The molecule has 4 heterocycles. The maximum absolute atomic E-state index is 10.4. The second-order valence-corrected chi connectivity index (χ2v) is 9.62. The molecule has 0 saturated carbocycles. The quantitative estimate of drug-likeness (QED) is 0.488. The van der Waals surface area contributed by atoms with Crippen LogP contribution < -0.4 is 15.5 Å². The normalized spacial score (nSPS) is 20.7. The summed E-state index contributed by atoms with van der Waals surface area (Å²) in [6.45, 7) is 11.3. The molecule has 10 heteroatoms. The molecule has 2 saturated heterocycles. The Morgan fingerprint density at radius 1 is 1.17 bits per heavy atom. The highest BCUT2D eigenvalue weighted by molar-refractivity contribution is 5.68. The predicted octanol–water partition coefficient (Wildman–Crippen LogP) is 2.52. The molecule has 2 aliphatic rings. The monoisotopic (exact) mass is 479 g/mol. The van der Waals surface area contributed by atoms with Gasteiger partial charge in [-0.2, -0.15) is 0 Å². The third-order valence-electron chi connectivity index (χ3n) is 6.60. The van der Waals surface area contributed by atoms with Gasteiger partial charge in [-0.15, -0.1) is 0 Å². The molecule has 1 unspecified atom stereocenters. The highest BCUT2D eigenvalue weighted by Gasteiger charge is 2.39. The Kier molecular flexibility index (Phi) is 6.70. The zero-order valence-electron chi connectivity index (χ0n) is 20.5. The van der Waals surface area contributed by atoms with E-state index in [1.54, 1.807) is 12.4 Å². The van der Waals surface area contributed by atoms with Crippen LogP contribution in [-0.4, -0.2) is 76.1 Å². The molecule has 2 aliphatic heterocycles. The van der Waals surface area contributed by atoms with Crippen molar-refractivity contribution in [1.82, 2.24) is 25.2 Å². The van der Waals surface area contributed by atoms with E-state index in [0.717, 1.165) is 55.4 Å². The van der Waals surface area contributed by atoms with Crippen molar-refractivity contribution < 1.29 is 14.3 Å². The van der Waals surface area contributed by atoms with Gasteiger partial charge in [0.05, 0.1) is 24.9 Å². The van der Waals surface area contributed by atoms with E-state index in [1.807, 2.05) is 37.8 Å². The van der Waals surface area contributed by atoms with Crippen LogP contribution in [0.25, 0.3) is 11.3 Å². The molecule has 1 atom stereocenters. The number of ether oxygens (including phenoxy) is 1. The van der Waals surface area contributed by atoms with Crippen LogP contribution in [0.5, 0.6) is 0 Å². The fourth-order valence-corrected chi connectivity index (χ4v) is 4.52. The number of aromatic nitrogens is 3. The summed E-state index contributed by atoms with van der Waals surface area (Å²) in [6.07, 6.45) is 2.82. The summed E-state index contributed by atoms with van der Waals surface area (Å²) in [7, 11) is 0. The highest BCUT2D eigenvalue weighted by atomic mass is 16.5. The van der Waals surface area contributed by atoms with Crippen molar-refractivity contribution in [1.29, 1.82) is 0 Å². The number of hydrogen-bond acceptors (Lipinski definition) is 10. The molecule has 5 rings (SSSR count). The van der Waals surface area contributed by atoms with E-state index in [1.165, 1.54) is 0 Å². The van der Waals surface area contributed by atoms with E-state index >= 15 is 0 Å². The van der Waals surface area contributed by atoms with Crippen LogP contribution >= 0.6 is 0 Å². The molecular formula is C25H33N7O3. The first-order chi connectivity index (χ1) is 16.9. The van der Waals surface area contributed by atoms with Crippen molar-refractivity contribution in [3.05, 3.63) is 47.9 Å². The Labute approximate surface area is 205 Å². The molecule has 2 aromatic heterocycles. The van der Waals surface area contributed by atoms with Gasteiger partial charge in [-0.1, -0.05) is 0 Å². The number of rotatable bonds is 6. The summed E-state index contributed by atoms with van der Waals surface area (Å²) in [4.78, 5) is 17.8. The summed E-state index contributed by atoms with van der Waals surface area (Å²) >= 11 is 0. The number of aliphatic hydroxyl groups is 1. The SMILES string of the molecule is Cc1ccnc(Nc2cc(CN3CCOCC3)cc(-c3cnc(N4CCNC(O)C4(C)C)o3)c2)n1. The molecule has 2 fully saturated rings. The first-order valence-electron chi connectivity index (χ1n) is 12.0. The van der Waals surface area contributed by atoms with Crippen molar-refractivity contribution >= 4 is 17.7 Å². The Morgan fingerprint density at radius 2 is 2.00 bits per heavy atom. The maximum atomic E-state index is 10.4. The van der Waals surface area contributed by atoms with Crippen molar-refractivity contribution in [2.45, 2.75) is 39.1 Å². The molecule has 0 aliphatic carbocycles. The van der Waals surface area contributed by atoms with E-state index in [4.69, 9.17) is 9.15 Å². The largest absolute Gasteiger partial charge is 0.423 e. The van der Waals surface area contributed by atoms with Gasteiger partial charge in [0, 0.05) is 55.9 Å². The average Bonchev–Trinajstić information content (AvgIpc) is 3.31.